The van der Waals surface area contributed by atoms with Gasteiger partial charge in [-0.15, -0.1) is 5.10 Å². The van der Waals surface area contributed by atoms with Crippen molar-refractivity contribution in [3.8, 4) is 0 Å². The lowest BCUT2D eigenvalue weighted by Gasteiger charge is -2.25. The maximum absolute atomic E-state index is 4.11. The van der Waals surface area contributed by atoms with Crippen LogP contribution in [0.1, 0.15) is 38.1 Å². The van der Waals surface area contributed by atoms with Crippen LogP contribution in [-0.2, 0) is 0 Å². The van der Waals surface area contributed by atoms with E-state index in [1.807, 2.05) is 4.68 Å². The first kappa shape index (κ1) is 11.5. The van der Waals surface area contributed by atoms with Crippen molar-refractivity contribution < 1.29 is 0 Å². The van der Waals surface area contributed by atoms with Crippen molar-refractivity contribution in [1.29, 1.82) is 0 Å². The van der Waals surface area contributed by atoms with Crippen molar-refractivity contribution in [2.24, 2.45) is 0 Å². The molecule has 1 saturated heterocycles. The maximum atomic E-state index is 4.11. The summed E-state index contributed by atoms with van der Waals surface area (Å²) in [5, 5.41) is 13.0. The third kappa shape index (κ3) is 2.98. The van der Waals surface area contributed by atoms with Gasteiger partial charge in [0.15, 0.2) is 0 Å². The summed E-state index contributed by atoms with van der Waals surface area (Å²) in [4.78, 5) is 2.56. The molecule has 94 valence electrons. The fourth-order valence-corrected chi connectivity index (χ4v) is 3.22. The summed E-state index contributed by atoms with van der Waals surface area (Å²) in [6.45, 7) is 3.71. The van der Waals surface area contributed by atoms with Crippen molar-refractivity contribution >= 4 is 11.8 Å². The second-order valence-corrected chi connectivity index (χ2v) is 5.95. The Balaban J connectivity index is 1.45. The van der Waals surface area contributed by atoms with Gasteiger partial charge < -0.3 is 4.90 Å². The lowest BCUT2D eigenvalue weighted by atomic mass is 10.1. The van der Waals surface area contributed by atoms with Crippen LogP contribution in [0.5, 0.6) is 0 Å². The van der Waals surface area contributed by atoms with Crippen LogP contribution in [0.25, 0.3) is 0 Å². The van der Waals surface area contributed by atoms with E-state index in [4.69, 9.17) is 0 Å². The molecule has 6 heteroatoms. The Morgan fingerprint density at radius 2 is 2.00 bits per heavy atom. The van der Waals surface area contributed by atoms with E-state index >= 15 is 0 Å². The van der Waals surface area contributed by atoms with Crippen LogP contribution in [0.2, 0.25) is 0 Å². The molecule has 0 bridgehead atoms. The second kappa shape index (κ2) is 5.35. The van der Waals surface area contributed by atoms with Gasteiger partial charge in [-0.1, -0.05) is 18.2 Å². The Kier molecular flexibility index (Phi) is 3.61. The molecule has 17 heavy (non-hydrogen) atoms. The molecular weight excluding hydrogens is 234 g/mol. The molecule has 0 N–H and O–H groups in total. The van der Waals surface area contributed by atoms with Gasteiger partial charge in [0.1, 0.15) is 0 Å². The summed E-state index contributed by atoms with van der Waals surface area (Å²) in [7, 11) is 0. The molecule has 0 unspecified atom stereocenters. The van der Waals surface area contributed by atoms with Gasteiger partial charge in [0.2, 0.25) is 5.16 Å². The summed E-state index contributed by atoms with van der Waals surface area (Å²) in [5.74, 6) is 1.10. The van der Waals surface area contributed by atoms with Crippen molar-refractivity contribution in [3.05, 3.63) is 0 Å². The summed E-state index contributed by atoms with van der Waals surface area (Å²) in [6.07, 6.45) is 6.62. The molecule has 0 atom stereocenters. The van der Waals surface area contributed by atoms with Gasteiger partial charge in [-0.25, -0.2) is 4.68 Å². The molecule has 0 amide bonds. The average Bonchev–Trinajstić information content (AvgIpc) is 3.11. The summed E-state index contributed by atoms with van der Waals surface area (Å²) < 4.78 is 2.00. The molecule has 1 aliphatic carbocycles. The van der Waals surface area contributed by atoms with Gasteiger partial charge in [0, 0.05) is 12.3 Å². The Morgan fingerprint density at radius 1 is 1.18 bits per heavy atom. The smallest absolute Gasteiger partial charge is 0.209 e. The van der Waals surface area contributed by atoms with E-state index < -0.39 is 0 Å². The second-order valence-electron chi connectivity index (χ2n) is 4.89. The lowest BCUT2D eigenvalue weighted by molar-refractivity contribution is 0.242. The standard InChI is InChI=1S/C11H19N5S/c1-2-6-15(7-3-1)8-9-17-11-12-13-14-16(11)10-4-5-10/h10H,1-9H2. The number of nitrogens with zero attached hydrogens (tertiary/aromatic N) is 5. The monoisotopic (exact) mass is 253 g/mol. The van der Waals surface area contributed by atoms with E-state index in [-0.39, 0.29) is 0 Å². The number of hydrogen-bond donors (Lipinski definition) is 0. The summed E-state index contributed by atoms with van der Waals surface area (Å²) >= 11 is 1.80. The molecule has 0 spiro atoms. The molecular formula is C11H19N5S. The highest BCUT2D eigenvalue weighted by Gasteiger charge is 2.27. The fraction of sp³-hybridized carbons (Fsp3) is 0.909. The van der Waals surface area contributed by atoms with Crippen LogP contribution in [0.15, 0.2) is 5.16 Å². The third-order valence-corrected chi connectivity index (χ3v) is 4.36. The summed E-state index contributed by atoms with van der Waals surface area (Å²) in [6, 6.07) is 0.586. The highest BCUT2D eigenvalue weighted by atomic mass is 32.2. The van der Waals surface area contributed by atoms with Crippen molar-refractivity contribution in [3.63, 3.8) is 0 Å². The largest absolute Gasteiger partial charge is 0.303 e. The maximum Gasteiger partial charge on any atom is 0.209 e. The van der Waals surface area contributed by atoms with Gasteiger partial charge in [0.25, 0.3) is 0 Å². The highest BCUT2D eigenvalue weighted by molar-refractivity contribution is 7.99. The molecule has 1 aliphatic heterocycles. The normalized spacial score (nSPS) is 21.9. The minimum Gasteiger partial charge on any atom is -0.303 e. The number of tetrazole rings is 1. The number of hydrogen-bond acceptors (Lipinski definition) is 5. The topological polar surface area (TPSA) is 46.8 Å². The molecule has 1 aromatic rings. The van der Waals surface area contributed by atoms with Crippen molar-refractivity contribution in [2.45, 2.75) is 43.3 Å². The molecule has 0 aromatic carbocycles. The van der Waals surface area contributed by atoms with Gasteiger partial charge >= 0.3 is 0 Å². The Labute approximate surface area is 106 Å². The zero-order valence-corrected chi connectivity index (χ0v) is 10.9. The highest BCUT2D eigenvalue weighted by Crippen LogP contribution is 2.36. The molecule has 1 aromatic heterocycles. The van der Waals surface area contributed by atoms with E-state index in [9.17, 15) is 0 Å². The molecule has 0 radical (unpaired) electrons. The molecule has 3 rings (SSSR count). The molecule has 2 heterocycles. The van der Waals surface area contributed by atoms with Crippen LogP contribution >= 0.6 is 11.8 Å². The van der Waals surface area contributed by atoms with E-state index in [2.05, 4.69) is 20.4 Å². The summed E-state index contributed by atoms with van der Waals surface area (Å²) in [5.41, 5.74) is 0. The van der Waals surface area contributed by atoms with E-state index in [1.165, 1.54) is 51.7 Å². The first-order valence-electron chi connectivity index (χ1n) is 6.56. The van der Waals surface area contributed by atoms with Gasteiger partial charge in [0.05, 0.1) is 6.04 Å². The van der Waals surface area contributed by atoms with E-state index in [0.29, 0.717) is 6.04 Å². The lowest BCUT2D eigenvalue weighted by Crippen LogP contribution is -2.31. The molecule has 2 fully saturated rings. The molecule has 5 nitrogen and oxygen atoms in total. The predicted molar refractivity (Wildman–Crippen MR) is 67.1 cm³/mol. The zero-order chi connectivity index (χ0) is 11.5. The number of aromatic nitrogens is 4. The average molecular weight is 253 g/mol. The van der Waals surface area contributed by atoms with Gasteiger partial charge in [-0.05, 0) is 49.2 Å². The quantitative estimate of drug-likeness (QED) is 0.746. The third-order valence-electron chi connectivity index (χ3n) is 3.44. The number of thioether (sulfide) groups is 1. The number of piperidine rings is 1. The van der Waals surface area contributed by atoms with Crippen molar-refractivity contribution in [1.82, 2.24) is 25.1 Å². The van der Waals surface area contributed by atoms with Gasteiger partial charge in [-0.3, -0.25) is 0 Å². The predicted octanol–water partition coefficient (Wildman–Crippen LogP) is 1.59. The molecule has 2 aliphatic rings. The van der Waals surface area contributed by atoms with Crippen LogP contribution in [0, 0.1) is 0 Å². The molecule has 1 saturated carbocycles. The SMILES string of the molecule is C1CCN(CCSc2nnnn2C2CC2)CC1. The van der Waals surface area contributed by atoms with Gasteiger partial charge in [-0.2, -0.15) is 0 Å². The van der Waals surface area contributed by atoms with Crippen LogP contribution in [-0.4, -0.2) is 50.5 Å². The van der Waals surface area contributed by atoms with Crippen LogP contribution in [0.3, 0.4) is 0 Å². The zero-order valence-electron chi connectivity index (χ0n) is 10.1. The minimum atomic E-state index is 0.586. The van der Waals surface area contributed by atoms with Crippen LogP contribution < -0.4 is 0 Å². The van der Waals surface area contributed by atoms with Crippen LogP contribution in [0.4, 0.5) is 0 Å². The number of rotatable bonds is 5. The van der Waals surface area contributed by atoms with E-state index in [0.717, 1.165) is 10.9 Å². The first-order chi connectivity index (χ1) is 8.43. The fourth-order valence-electron chi connectivity index (χ4n) is 2.28. The van der Waals surface area contributed by atoms with E-state index in [1.54, 1.807) is 11.8 Å². The van der Waals surface area contributed by atoms with Crippen molar-refractivity contribution in [2.75, 3.05) is 25.4 Å². The Bertz CT molecular complexity index is 356. The Hall–Kier alpha value is -0.620. The number of likely N-dealkylation sites (tertiary alicyclic amines) is 1. The first-order valence-corrected chi connectivity index (χ1v) is 7.55. The Morgan fingerprint density at radius 3 is 2.76 bits per heavy atom. The minimum absolute atomic E-state index is 0.586.